The van der Waals surface area contributed by atoms with Gasteiger partial charge in [-0.3, -0.25) is 24.1 Å². The number of benzene rings is 1. The SMILES string of the molecule is C=CCN(Cc1cc(N(C)C)c2c(c1O)C(=O)C1C(=O)[C@]3(O)C(O)=C(C(N)=O)C(=O)[C@@H](N(C)C)C3CC1C2)C(=O)OCC(Cl)(Cl)Cl. The van der Waals surface area contributed by atoms with Crippen LogP contribution in [0.5, 0.6) is 5.75 Å². The summed E-state index contributed by atoms with van der Waals surface area (Å²) in [7, 11) is 6.47. The maximum Gasteiger partial charge on any atom is 0.410 e. The molecule has 0 aliphatic heterocycles. The monoisotopic (exact) mass is 700 g/mol. The van der Waals surface area contributed by atoms with E-state index in [0.717, 1.165) is 4.90 Å². The number of carbonyl (C=O) groups is 5. The lowest BCUT2D eigenvalue weighted by atomic mass is 9.54. The normalized spacial score (nSPS) is 25.9. The number of nitrogens with two attached hydrogens (primary N) is 1. The van der Waals surface area contributed by atoms with E-state index in [-0.39, 0.29) is 37.1 Å². The van der Waals surface area contributed by atoms with E-state index in [1.54, 1.807) is 25.1 Å². The Kier molecular flexibility index (Phi) is 9.79. The summed E-state index contributed by atoms with van der Waals surface area (Å²) in [4.78, 5) is 71.0. The second-order valence-electron chi connectivity index (χ2n) is 12.1. The van der Waals surface area contributed by atoms with Gasteiger partial charge in [0.25, 0.3) is 5.91 Å². The van der Waals surface area contributed by atoms with E-state index in [1.807, 2.05) is 0 Å². The second-order valence-corrected chi connectivity index (χ2v) is 14.6. The van der Waals surface area contributed by atoms with Gasteiger partial charge in [0.05, 0.1) is 24.1 Å². The van der Waals surface area contributed by atoms with Gasteiger partial charge in [0.2, 0.25) is 3.79 Å². The summed E-state index contributed by atoms with van der Waals surface area (Å²) in [6.07, 6.45) is 0.545. The van der Waals surface area contributed by atoms with E-state index < -0.39 is 86.2 Å². The largest absolute Gasteiger partial charge is 0.508 e. The average Bonchev–Trinajstić information content (AvgIpc) is 2.93. The van der Waals surface area contributed by atoms with Crippen molar-refractivity contribution in [2.75, 3.05) is 46.2 Å². The minimum absolute atomic E-state index is 0.0440. The van der Waals surface area contributed by atoms with Crippen molar-refractivity contribution in [3.05, 3.63) is 46.7 Å². The zero-order chi connectivity index (χ0) is 34.6. The molecule has 2 amide bonds. The molecule has 1 aromatic rings. The lowest BCUT2D eigenvalue weighted by molar-refractivity contribution is -0.163. The predicted molar refractivity (Wildman–Crippen MR) is 169 cm³/mol. The van der Waals surface area contributed by atoms with Gasteiger partial charge < -0.3 is 35.6 Å². The fraction of sp³-hybridized carbons (Fsp3) is 0.500. The van der Waals surface area contributed by atoms with Crippen LogP contribution in [0.3, 0.4) is 0 Å². The molecule has 1 aromatic carbocycles. The smallest absolute Gasteiger partial charge is 0.410 e. The van der Waals surface area contributed by atoms with Crippen LogP contribution >= 0.6 is 34.8 Å². The van der Waals surface area contributed by atoms with Crippen molar-refractivity contribution in [3.63, 3.8) is 0 Å². The van der Waals surface area contributed by atoms with Gasteiger partial charge in [-0.2, -0.15) is 0 Å². The Balaban J connectivity index is 1.83. The zero-order valence-corrected chi connectivity index (χ0v) is 27.8. The van der Waals surface area contributed by atoms with Crippen molar-refractivity contribution in [1.29, 1.82) is 0 Å². The number of ether oxygens (including phenoxy) is 1. The minimum atomic E-state index is -2.77. The molecule has 0 radical (unpaired) electrons. The molecule has 0 bridgehead atoms. The Labute approximate surface area is 280 Å². The number of fused-ring (bicyclic) bond motifs is 3. The maximum atomic E-state index is 14.2. The molecule has 0 aromatic heterocycles. The zero-order valence-electron chi connectivity index (χ0n) is 25.6. The summed E-state index contributed by atoms with van der Waals surface area (Å²) in [5, 5.41) is 34.4. The standard InChI is InChI=1S/C30H35Cl3N4O9/c1-6-7-37(28(44)46-12-29(31,32)33)11-14-10-17(35(2)3)15-8-13-9-16-21(36(4)5)24(40)20(27(34)43)26(42)30(16,45)25(41)18(13)23(39)19(15)22(14)38/h6,10,13,16,18,21,38,42,45H,1,7-9,11-12H2,2-5H3,(H2,34,43)/t13?,16?,18?,21-,30-/m0/s1. The number of halogens is 3. The number of nitrogens with zero attached hydrogens (tertiary/aromatic N) is 3. The number of aliphatic hydroxyl groups is 2. The topological polar surface area (TPSA) is 191 Å². The Morgan fingerprint density at radius 2 is 1.78 bits per heavy atom. The molecule has 0 saturated heterocycles. The molecule has 13 nitrogen and oxygen atoms in total. The maximum absolute atomic E-state index is 14.2. The number of aliphatic hydroxyl groups excluding tert-OH is 1. The highest BCUT2D eigenvalue weighted by Crippen LogP contribution is 2.53. The third-order valence-corrected chi connectivity index (χ3v) is 9.11. The van der Waals surface area contributed by atoms with E-state index in [1.165, 1.54) is 25.1 Å². The summed E-state index contributed by atoms with van der Waals surface area (Å²) in [5.74, 6) is -9.27. The molecule has 3 unspecified atom stereocenters. The van der Waals surface area contributed by atoms with Crippen molar-refractivity contribution in [3.8, 4) is 5.75 Å². The Bertz CT molecular complexity index is 1550. The molecule has 3 aliphatic rings. The van der Waals surface area contributed by atoms with Crippen LogP contribution in [0.25, 0.3) is 0 Å². The van der Waals surface area contributed by atoms with Crippen LogP contribution in [0.15, 0.2) is 30.1 Å². The van der Waals surface area contributed by atoms with Gasteiger partial charge in [0, 0.05) is 37.8 Å². The molecule has 46 heavy (non-hydrogen) atoms. The average molecular weight is 702 g/mol. The van der Waals surface area contributed by atoms with Crippen molar-refractivity contribution >= 4 is 69.8 Å². The molecule has 1 fully saturated rings. The summed E-state index contributed by atoms with van der Waals surface area (Å²) in [6, 6.07) is 0.396. The van der Waals surface area contributed by atoms with Gasteiger partial charge in [-0.05, 0) is 44.5 Å². The van der Waals surface area contributed by atoms with Crippen LogP contribution in [-0.4, -0.2) is 111 Å². The highest BCUT2D eigenvalue weighted by Gasteiger charge is 2.66. The number of carbonyl (C=O) groups excluding carboxylic acids is 5. The van der Waals surface area contributed by atoms with Crippen molar-refractivity contribution in [2.45, 2.75) is 34.8 Å². The molecule has 250 valence electrons. The van der Waals surface area contributed by atoms with Gasteiger partial charge in [0.1, 0.15) is 23.7 Å². The number of ketones is 3. The van der Waals surface area contributed by atoms with E-state index >= 15 is 0 Å². The van der Waals surface area contributed by atoms with E-state index in [0.29, 0.717) is 11.3 Å². The summed E-state index contributed by atoms with van der Waals surface area (Å²) >= 11 is 17.1. The number of likely N-dealkylation sites (N-methyl/N-ethyl adjacent to an activating group) is 1. The predicted octanol–water partition coefficient (Wildman–Crippen LogP) is 2.05. The highest BCUT2D eigenvalue weighted by molar-refractivity contribution is 6.67. The fourth-order valence-corrected chi connectivity index (χ4v) is 7.05. The molecule has 1 saturated carbocycles. The number of phenols is 1. The minimum Gasteiger partial charge on any atom is -0.508 e. The number of primary amides is 1. The first-order valence-corrected chi connectivity index (χ1v) is 15.3. The Hall–Kier alpha value is -3.36. The fourth-order valence-electron chi connectivity index (χ4n) is 6.88. The number of alkyl halides is 3. The number of hydrogen-bond acceptors (Lipinski definition) is 11. The van der Waals surface area contributed by atoms with Gasteiger partial charge >= 0.3 is 6.09 Å². The molecule has 5 N–H and O–H groups in total. The van der Waals surface area contributed by atoms with E-state index in [2.05, 4.69) is 6.58 Å². The van der Waals surface area contributed by atoms with Crippen molar-refractivity contribution < 1.29 is 44.0 Å². The van der Waals surface area contributed by atoms with Gasteiger partial charge in [0.15, 0.2) is 23.0 Å². The van der Waals surface area contributed by atoms with Gasteiger partial charge in [-0.15, -0.1) is 6.58 Å². The van der Waals surface area contributed by atoms with E-state index in [4.69, 9.17) is 45.3 Å². The molecular formula is C30H35Cl3N4O9. The quantitative estimate of drug-likeness (QED) is 0.134. The molecule has 5 atom stereocenters. The summed E-state index contributed by atoms with van der Waals surface area (Å²) in [6.45, 7) is 2.75. The number of amides is 2. The first-order chi connectivity index (χ1) is 21.3. The molecule has 16 heteroatoms. The van der Waals surface area contributed by atoms with Gasteiger partial charge in [-0.25, -0.2) is 4.79 Å². The molecule has 3 aliphatic carbocycles. The third kappa shape index (κ3) is 5.95. The number of aromatic hydroxyl groups is 1. The van der Waals surface area contributed by atoms with Crippen LogP contribution < -0.4 is 10.6 Å². The van der Waals surface area contributed by atoms with Gasteiger partial charge in [-0.1, -0.05) is 40.9 Å². The summed E-state index contributed by atoms with van der Waals surface area (Å²) < 4.78 is 3.21. The first-order valence-electron chi connectivity index (χ1n) is 14.2. The summed E-state index contributed by atoms with van der Waals surface area (Å²) in [5.41, 5.74) is 2.56. The molecule has 0 heterocycles. The number of Topliss-reactive ketones (excluding diaryl/α,β-unsaturated/α-hetero) is 3. The molecular weight excluding hydrogens is 667 g/mol. The number of phenolic OH excluding ortho intramolecular Hbond substituents is 1. The van der Waals surface area contributed by atoms with Crippen LogP contribution in [0.2, 0.25) is 0 Å². The lowest BCUT2D eigenvalue weighted by Crippen LogP contribution is -2.68. The van der Waals surface area contributed by atoms with Crippen LogP contribution in [0.4, 0.5) is 10.5 Å². The first kappa shape index (κ1) is 35.5. The number of hydrogen-bond donors (Lipinski definition) is 4. The third-order valence-electron chi connectivity index (χ3n) is 8.79. The highest BCUT2D eigenvalue weighted by atomic mass is 35.6. The van der Waals surface area contributed by atoms with Crippen LogP contribution in [-0.2, 0) is 32.1 Å². The Morgan fingerprint density at radius 3 is 2.30 bits per heavy atom. The van der Waals surface area contributed by atoms with E-state index in [9.17, 15) is 39.3 Å². The van der Waals surface area contributed by atoms with Crippen molar-refractivity contribution in [1.82, 2.24) is 9.80 Å². The number of anilines is 1. The Morgan fingerprint density at radius 1 is 1.15 bits per heavy atom. The van der Waals surface area contributed by atoms with Crippen LogP contribution in [0, 0.1) is 17.8 Å². The van der Waals surface area contributed by atoms with Crippen LogP contribution in [0.1, 0.15) is 27.9 Å². The number of rotatable bonds is 8. The molecule has 0 spiro atoms. The lowest BCUT2D eigenvalue weighted by Gasteiger charge is -2.52. The second kappa shape index (κ2) is 12.7. The molecule has 4 rings (SSSR count). The van der Waals surface area contributed by atoms with Crippen molar-refractivity contribution in [2.24, 2.45) is 23.5 Å².